The van der Waals surface area contributed by atoms with Gasteiger partial charge in [-0.15, -0.1) is 0 Å². The molecule has 2 aromatic rings. The van der Waals surface area contributed by atoms with Gasteiger partial charge in [0.2, 0.25) is 0 Å². The molecule has 1 aliphatic rings. The molecule has 1 aromatic carbocycles. The Hall–Kier alpha value is -1.48. The predicted octanol–water partition coefficient (Wildman–Crippen LogP) is 2.27. The standard InChI is InChI=1S/C13H15N3/c1-2-7-13-12(6-1)15-9-11(16-13)8-14-10-4-3-5-10/h1-2,6-7,9-10,14H,3-5,8H2. The third-order valence-corrected chi connectivity index (χ3v) is 3.18. The van der Waals surface area contributed by atoms with Gasteiger partial charge in [-0.05, 0) is 25.0 Å². The largest absolute Gasteiger partial charge is 0.308 e. The van der Waals surface area contributed by atoms with Crippen LogP contribution in [0.25, 0.3) is 11.0 Å². The van der Waals surface area contributed by atoms with E-state index in [2.05, 4.69) is 15.3 Å². The average Bonchev–Trinajstić information content (AvgIpc) is 2.27. The molecular weight excluding hydrogens is 198 g/mol. The van der Waals surface area contributed by atoms with Crippen molar-refractivity contribution in [3.63, 3.8) is 0 Å². The normalized spacial score (nSPS) is 16.2. The topological polar surface area (TPSA) is 37.8 Å². The molecular formula is C13H15N3. The van der Waals surface area contributed by atoms with Crippen LogP contribution >= 0.6 is 0 Å². The van der Waals surface area contributed by atoms with E-state index in [1.165, 1.54) is 19.3 Å². The molecule has 1 heterocycles. The Morgan fingerprint density at radius 1 is 1.19 bits per heavy atom. The number of hydrogen-bond donors (Lipinski definition) is 1. The van der Waals surface area contributed by atoms with Gasteiger partial charge in [0.1, 0.15) is 0 Å². The summed E-state index contributed by atoms with van der Waals surface area (Å²) in [6, 6.07) is 8.69. The van der Waals surface area contributed by atoms with Crippen molar-refractivity contribution >= 4 is 11.0 Å². The van der Waals surface area contributed by atoms with Crippen molar-refractivity contribution in [2.75, 3.05) is 0 Å². The fraction of sp³-hybridized carbons (Fsp3) is 0.385. The molecule has 1 N–H and O–H groups in total. The molecule has 1 aliphatic carbocycles. The molecule has 3 rings (SSSR count). The van der Waals surface area contributed by atoms with E-state index in [4.69, 9.17) is 0 Å². The SMILES string of the molecule is c1ccc2nc(CNC3CCC3)cnc2c1. The van der Waals surface area contributed by atoms with Gasteiger partial charge in [0.25, 0.3) is 0 Å². The van der Waals surface area contributed by atoms with E-state index in [9.17, 15) is 0 Å². The molecule has 82 valence electrons. The third kappa shape index (κ3) is 1.91. The summed E-state index contributed by atoms with van der Waals surface area (Å²) in [5.41, 5.74) is 2.98. The quantitative estimate of drug-likeness (QED) is 0.850. The predicted molar refractivity (Wildman–Crippen MR) is 64.0 cm³/mol. The molecule has 0 amide bonds. The van der Waals surface area contributed by atoms with E-state index >= 15 is 0 Å². The van der Waals surface area contributed by atoms with Crippen LogP contribution in [0.3, 0.4) is 0 Å². The molecule has 3 nitrogen and oxygen atoms in total. The summed E-state index contributed by atoms with van der Waals surface area (Å²) in [6.45, 7) is 0.836. The van der Waals surface area contributed by atoms with Gasteiger partial charge < -0.3 is 5.32 Å². The number of nitrogens with one attached hydrogen (secondary N) is 1. The molecule has 1 fully saturated rings. The average molecular weight is 213 g/mol. The Morgan fingerprint density at radius 2 is 2.00 bits per heavy atom. The highest BCUT2D eigenvalue weighted by atomic mass is 14.9. The van der Waals surface area contributed by atoms with Crippen LogP contribution in [0.15, 0.2) is 30.5 Å². The van der Waals surface area contributed by atoms with E-state index in [-0.39, 0.29) is 0 Å². The van der Waals surface area contributed by atoms with Crippen LogP contribution in [0, 0.1) is 0 Å². The molecule has 0 atom stereocenters. The van der Waals surface area contributed by atoms with Crippen LogP contribution in [0.2, 0.25) is 0 Å². The van der Waals surface area contributed by atoms with E-state index in [0.717, 1.165) is 23.3 Å². The Kier molecular flexibility index (Phi) is 2.54. The minimum Gasteiger partial charge on any atom is -0.308 e. The Labute approximate surface area is 94.9 Å². The highest BCUT2D eigenvalue weighted by Crippen LogP contribution is 2.18. The van der Waals surface area contributed by atoms with Crippen molar-refractivity contribution in [1.82, 2.24) is 15.3 Å². The number of para-hydroxylation sites is 2. The molecule has 16 heavy (non-hydrogen) atoms. The zero-order valence-electron chi connectivity index (χ0n) is 9.19. The molecule has 0 saturated heterocycles. The number of hydrogen-bond acceptors (Lipinski definition) is 3. The number of benzene rings is 1. The maximum Gasteiger partial charge on any atom is 0.0890 e. The number of aromatic nitrogens is 2. The van der Waals surface area contributed by atoms with Crippen LogP contribution in [0.1, 0.15) is 25.0 Å². The Balaban J connectivity index is 1.76. The molecule has 3 heteroatoms. The molecule has 0 radical (unpaired) electrons. The van der Waals surface area contributed by atoms with Gasteiger partial charge in [-0.2, -0.15) is 0 Å². The summed E-state index contributed by atoms with van der Waals surface area (Å²) < 4.78 is 0. The van der Waals surface area contributed by atoms with Crippen LogP contribution in [-0.2, 0) is 6.54 Å². The van der Waals surface area contributed by atoms with Crippen molar-refractivity contribution in [1.29, 1.82) is 0 Å². The minimum absolute atomic E-state index is 0.702. The second-order valence-electron chi connectivity index (χ2n) is 4.36. The van der Waals surface area contributed by atoms with E-state index in [1.54, 1.807) is 0 Å². The van der Waals surface area contributed by atoms with E-state index in [0.29, 0.717) is 6.04 Å². The summed E-state index contributed by atoms with van der Waals surface area (Å²) in [6.07, 6.45) is 5.84. The lowest BCUT2D eigenvalue weighted by Crippen LogP contribution is -2.34. The van der Waals surface area contributed by atoms with Gasteiger partial charge in [0.15, 0.2) is 0 Å². The fourth-order valence-corrected chi connectivity index (χ4v) is 1.94. The van der Waals surface area contributed by atoms with Crippen molar-refractivity contribution in [3.8, 4) is 0 Å². The molecule has 0 bridgehead atoms. The monoisotopic (exact) mass is 213 g/mol. The smallest absolute Gasteiger partial charge is 0.0890 e. The molecule has 0 spiro atoms. The minimum atomic E-state index is 0.702. The van der Waals surface area contributed by atoms with Crippen LogP contribution < -0.4 is 5.32 Å². The van der Waals surface area contributed by atoms with E-state index in [1.807, 2.05) is 30.5 Å². The van der Waals surface area contributed by atoms with Gasteiger partial charge in [-0.1, -0.05) is 18.6 Å². The van der Waals surface area contributed by atoms with Gasteiger partial charge in [0.05, 0.1) is 22.9 Å². The number of nitrogens with zero attached hydrogens (tertiary/aromatic N) is 2. The Bertz CT molecular complexity index is 491. The summed E-state index contributed by atoms with van der Waals surface area (Å²) >= 11 is 0. The fourth-order valence-electron chi connectivity index (χ4n) is 1.94. The summed E-state index contributed by atoms with van der Waals surface area (Å²) in [5, 5.41) is 3.50. The zero-order chi connectivity index (χ0) is 10.8. The van der Waals surface area contributed by atoms with Crippen molar-refractivity contribution in [2.24, 2.45) is 0 Å². The lowest BCUT2D eigenvalue weighted by Gasteiger charge is -2.26. The van der Waals surface area contributed by atoms with Gasteiger partial charge in [-0.25, -0.2) is 4.98 Å². The maximum atomic E-state index is 4.58. The first-order valence-corrected chi connectivity index (χ1v) is 5.86. The highest BCUT2D eigenvalue weighted by molar-refractivity contribution is 5.73. The van der Waals surface area contributed by atoms with Gasteiger partial charge in [-0.3, -0.25) is 4.98 Å². The lowest BCUT2D eigenvalue weighted by atomic mass is 9.93. The van der Waals surface area contributed by atoms with E-state index < -0.39 is 0 Å². The summed E-state index contributed by atoms with van der Waals surface area (Å²) in [4.78, 5) is 8.98. The molecule has 0 aliphatic heterocycles. The van der Waals surface area contributed by atoms with Crippen molar-refractivity contribution in [2.45, 2.75) is 31.8 Å². The lowest BCUT2D eigenvalue weighted by molar-refractivity contribution is 0.337. The zero-order valence-corrected chi connectivity index (χ0v) is 9.19. The molecule has 0 unspecified atom stereocenters. The molecule has 1 aromatic heterocycles. The second-order valence-corrected chi connectivity index (χ2v) is 4.36. The Morgan fingerprint density at radius 3 is 2.75 bits per heavy atom. The van der Waals surface area contributed by atoms with Crippen LogP contribution in [0.4, 0.5) is 0 Å². The first kappa shape index (κ1) is 9.73. The first-order chi connectivity index (χ1) is 7.92. The summed E-state index contributed by atoms with van der Waals surface area (Å²) in [5.74, 6) is 0. The number of fused-ring (bicyclic) bond motifs is 1. The summed E-state index contributed by atoms with van der Waals surface area (Å²) in [7, 11) is 0. The van der Waals surface area contributed by atoms with Crippen molar-refractivity contribution in [3.05, 3.63) is 36.2 Å². The highest BCUT2D eigenvalue weighted by Gasteiger charge is 2.16. The van der Waals surface area contributed by atoms with Gasteiger partial charge >= 0.3 is 0 Å². The second kappa shape index (κ2) is 4.18. The van der Waals surface area contributed by atoms with Gasteiger partial charge in [0, 0.05) is 12.6 Å². The van der Waals surface area contributed by atoms with Crippen molar-refractivity contribution < 1.29 is 0 Å². The van der Waals surface area contributed by atoms with Crippen LogP contribution in [-0.4, -0.2) is 16.0 Å². The van der Waals surface area contributed by atoms with Crippen LogP contribution in [0.5, 0.6) is 0 Å². The molecule has 1 saturated carbocycles. The maximum absolute atomic E-state index is 4.58. The first-order valence-electron chi connectivity index (χ1n) is 5.86. The third-order valence-electron chi connectivity index (χ3n) is 3.18. The number of rotatable bonds is 3.